The van der Waals surface area contributed by atoms with Gasteiger partial charge in [0.05, 0.1) is 12.6 Å². The fourth-order valence-corrected chi connectivity index (χ4v) is 2.14. The molecule has 0 aliphatic carbocycles. The zero-order valence-electron chi connectivity index (χ0n) is 10.3. The Balaban J connectivity index is 2.33. The highest BCUT2D eigenvalue weighted by Crippen LogP contribution is 2.28. The van der Waals surface area contributed by atoms with E-state index in [1.807, 2.05) is 55.5 Å². The van der Waals surface area contributed by atoms with Gasteiger partial charge in [-0.2, -0.15) is 0 Å². The molecule has 0 fully saturated rings. The van der Waals surface area contributed by atoms with Crippen LogP contribution in [-0.4, -0.2) is 6.61 Å². The van der Waals surface area contributed by atoms with Crippen LogP contribution in [0.4, 0.5) is 0 Å². The first-order valence-electron chi connectivity index (χ1n) is 5.95. The van der Waals surface area contributed by atoms with Crippen LogP contribution in [0.2, 0.25) is 0 Å². The van der Waals surface area contributed by atoms with Crippen LogP contribution in [0.1, 0.15) is 24.1 Å². The maximum Gasteiger partial charge on any atom is 0.124 e. The number of hydrogen-bond acceptors (Lipinski definition) is 2. The van der Waals surface area contributed by atoms with E-state index in [2.05, 4.69) is 15.9 Å². The predicted octanol–water partition coefficient (Wildman–Crippen LogP) is 3.90. The topological polar surface area (TPSA) is 35.2 Å². The lowest BCUT2D eigenvalue weighted by atomic mass is 9.99. The Bertz CT molecular complexity index is 510. The van der Waals surface area contributed by atoms with Crippen LogP contribution in [0.15, 0.2) is 53.0 Å². The third-order valence-electron chi connectivity index (χ3n) is 2.78. The lowest BCUT2D eigenvalue weighted by Crippen LogP contribution is -2.13. The summed E-state index contributed by atoms with van der Waals surface area (Å²) in [6.45, 7) is 2.62. The van der Waals surface area contributed by atoms with E-state index in [4.69, 9.17) is 10.5 Å². The molecule has 2 nitrogen and oxygen atoms in total. The number of ether oxygens (including phenoxy) is 1. The third kappa shape index (κ3) is 2.92. The normalized spacial score (nSPS) is 12.2. The van der Waals surface area contributed by atoms with Crippen LogP contribution in [0, 0.1) is 0 Å². The number of rotatable bonds is 4. The Labute approximate surface area is 116 Å². The summed E-state index contributed by atoms with van der Waals surface area (Å²) in [6, 6.07) is 15.8. The average Bonchev–Trinajstić information content (AvgIpc) is 2.40. The second-order valence-corrected chi connectivity index (χ2v) is 4.92. The lowest BCUT2D eigenvalue weighted by Gasteiger charge is -2.16. The van der Waals surface area contributed by atoms with Crippen LogP contribution in [-0.2, 0) is 0 Å². The first kappa shape index (κ1) is 13.1. The Morgan fingerprint density at radius 2 is 1.78 bits per heavy atom. The van der Waals surface area contributed by atoms with Crippen LogP contribution < -0.4 is 10.5 Å². The molecule has 3 heteroatoms. The van der Waals surface area contributed by atoms with Gasteiger partial charge in [-0.25, -0.2) is 0 Å². The first-order valence-corrected chi connectivity index (χ1v) is 6.74. The molecule has 0 aliphatic heterocycles. The SMILES string of the molecule is CCOc1ccccc1C(N)c1ccc(Br)cc1. The minimum absolute atomic E-state index is 0.166. The van der Waals surface area contributed by atoms with Crippen molar-refractivity contribution in [3.63, 3.8) is 0 Å². The highest BCUT2D eigenvalue weighted by atomic mass is 79.9. The van der Waals surface area contributed by atoms with Gasteiger partial charge in [0.1, 0.15) is 5.75 Å². The van der Waals surface area contributed by atoms with Gasteiger partial charge in [-0.3, -0.25) is 0 Å². The fraction of sp³-hybridized carbons (Fsp3) is 0.200. The molecular formula is C15H16BrNO. The standard InChI is InChI=1S/C15H16BrNO/c1-2-18-14-6-4-3-5-13(14)15(17)11-7-9-12(16)10-8-11/h3-10,15H,2,17H2,1H3. The van der Waals surface area contributed by atoms with E-state index in [0.717, 1.165) is 21.3 Å². The van der Waals surface area contributed by atoms with E-state index in [-0.39, 0.29) is 6.04 Å². The van der Waals surface area contributed by atoms with Gasteiger partial charge < -0.3 is 10.5 Å². The molecule has 2 aromatic carbocycles. The lowest BCUT2D eigenvalue weighted by molar-refractivity contribution is 0.335. The maximum absolute atomic E-state index is 6.30. The molecule has 0 aromatic heterocycles. The Hall–Kier alpha value is -1.32. The van der Waals surface area contributed by atoms with Gasteiger partial charge in [0.2, 0.25) is 0 Å². The molecule has 0 bridgehead atoms. The molecule has 18 heavy (non-hydrogen) atoms. The number of nitrogens with two attached hydrogens (primary N) is 1. The van der Waals surface area contributed by atoms with Crippen molar-refractivity contribution in [1.29, 1.82) is 0 Å². The second kappa shape index (κ2) is 6.03. The molecule has 2 aromatic rings. The summed E-state index contributed by atoms with van der Waals surface area (Å²) >= 11 is 3.42. The monoisotopic (exact) mass is 305 g/mol. The van der Waals surface area contributed by atoms with Crippen molar-refractivity contribution in [2.45, 2.75) is 13.0 Å². The summed E-state index contributed by atoms with van der Waals surface area (Å²) in [7, 11) is 0. The molecule has 0 spiro atoms. The maximum atomic E-state index is 6.30. The quantitative estimate of drug-likeness (QED) is 0.930. The van der Waals surface area contributed by atoms with E-state index in [0.29, 0.717) is 6.61 Å². The van der Waals surface area contributed by atoms with Crippen molar-refractivity contribution in [3.8, 4) is 5.75 Å². The van der Waals surface area contributed by atoms with Crippen molar-refractivity contribution >= 4 is 15.9 Å². The molecule has 1 atom stereocenters. The van der Waals surface area contributed by atoms with E-state index in [9.17, 15) is 0 Å². The van der Waals surface area contributed by atoms with Crippen LogP contribution in [0.25, 0.3) is 0 Å². The van der Waals surface area contributed by atoms with Gasteiger partial charge in [0.15, 0.2) is 0 Å². The molecule has 1 unspecified atom stereocenters. The minimum atomic E-state index is -0.166. The Morgan fingerprint density at radius 3 is 2.44 bits per heavy atom. The number of para-hydroxylation sites is 1. The van der Waals surface area contributed by atoms with E-state index < -0.39 is 0 Å². The number of benzene rings is 2. The zero-order chi connectivity index (χ0) is 13.0. The second-order valence-electron chi connectivity index (χ2n) is 4.00. The third-order valence-corrected chi connectivity index (χ3v) is 3.31. The van der Waals surface area contributed by atoms with E-state index in [1.54, 1.807) is 0 Å². The summed E-state index contributed by atoms with van der Waals surface area (Å²) in [4.78, 5) is 0. The smallest absolute Gasteiger partial charge is 0.124 e. The van der Waals surface area contributed by atoms with Crippen molar-refractivity contribution in [3.05, 3.63) is 64.1 Å². The van der Waals surface area contributed by atoms with Crippen molar-refractivity contribution in [1.82, 2.24) is 0 Å². The highest BCUT2D eigenvalue weighted by Gasteiger charge is 2.13. The molecule has 0 heterocycles. The molecule has 2 N–H and O–H groups in total. The summed E-state index contributed by atoms with van der Waals surface area (Å²) < 4.78 is 6.67. The average molecular weight is 306 g/mol. The Kier molecular flexibility index (Phi) is 4.39. The fourth-order valence-electron chi connectivity index (χ4n) is 1.87. The predicted molar refractivity (Wildman–Crippen MR) is 77.8 cm³/mol. The summed E-state index contributed by atoms with van der Waals surface area (Å²) in [5.41, 5.74) is 8.39. The molecule has 0 amide bonds. The van der Waals surface area contributed by atoms with Gasteiger partial charge in [-0.15, -0.1) is 0 Å². The molecule has 0 radical (unpaired) electrons. The molecular weight excluding hydrogens is 290 g/mol. The van der Waals surface area contributed by atoms with Crippen LogP contribution in [0.5, 0.6) is 5.75 Å². The summed E-state index contributed by atoms with van der Waals surface area (Å²) in [6.07, 6.45) is 0. The highest BCUT2D eigenvalue weighted by molar-refractivity contribution is 9.10. The number of hydrogen-bond donors (Lipinski definition) is 1. The van der Waals surface area contributed by atoms with Crippen molar-refractivity contribution in [2.75, 3.05) is 6.61 Å². The number of halogens is 1. The summed E-state index contributed by atoms with van der Waals surface area (Å²) in [5.74, 6) is 0.857. The Morgan fingerprint density at radius 1 is 1.11 bits per heavy atom. The first-order chi connectivity index (χ1) is 8.72. The molecule has 0 aliphatic rings. The molecule has 94 valence electrons. The molecule has 2 rings (SSSR count). The molecule has 0 saturated heterocycles. The van der Waals surface area contributed by atoms with Gasteiger partial charge >= 0.3 is 0 Å². The van der Waals surface area contributed by atoms with Crippen molar-refractivity contribution in [2.24, 2.45) is 5.73 Å². The summed E-state index contributed by atoms with van der Waals surface area (Å²) in [5, 5.41) is 0. The largest absolute Gasteiger partial charge is 0.494 e. The van der Waals surface area contributed by atoms with Gasteiger partial charge in [0, 0.05) is 10.0 Å². The minimum Gasteiger partial charge on any atom is -0.494 e. The van der Waals surface area contributed by atoms with Crippen LogP contribution in [0.3, 0.4) is 0 Å². The van der Waals surface area contributed by atoms with E-state index >= 15 is 0 Å². The van der Waals surface area contributed by atoms with Gasteiger partial charge in [-0.05, 0) is 30.7 Å². The van der Waals surface area contributed by atoms with Crippen molar-refractivity contribution < 1.29 is 4.74 Å². The van der Waals surface area contributed by atoms with E-state index in [1.165, 1.54) is 0 Å². The van der Waals surface area contributed by atoms with Crippen LogP contribution >= 0.6 is 15.9 Å². The van der Waals surface area contributed by atoms with Gasteiger partial charge in [0.25, 0.3) is 0 Å². The van der Waals surface area contributed by atoms with Gasteiger partial charge in [-0.1, -0.05) is 46.3 Å². The zero-order valence-corrected chi connectivity index (χ0v) is 11.9. The molecule has 0 saturated carbocycles.